The molecule has 2 N–H and O–H groups in total. The molecule has 6 heteroatoms. The van der Waals surface area contributed by atoms with E-state index in [4.69, 9.17) is 0 Å². The molecule has 0 saturated carbocycles. The molecule has 0 radical (unpaired) electrons. The first-order chi connectivity index (χ1) is 14.6. The molecule has 6 nitrogen and oxygen atoms in total. The second kappa shape index (κ2) is 9.41. The summed E-state index contributed by atoms with van der Waals surface area (Å²) in [4.78, 5) is 14.9. The van der Waals surface area contributed by atoms with E-state index in [0.717, 1.165) is 62.4 Å². The number of amides is 1. The fourth-order valence-electron chi connectivity index (χ4n) is 3.93. The van der Waals surface area contributed by atoms with Gasteiger partial charge in [0.05, 0.1) is 11.8 Å². The molecule has 0 aliphatic carbocycles. The predicted octanol–water partition coefficient (Wildman–Crippen LogP) is 3.16. The fraction of sp³-hybridized carbons (Fsp3) is 0.417. The van der Waals surface area contributed by atoms with Gasteiger partial charge in [0.1, 0.15) is 0 Å². The van der Waals surface area contributed by atoms with E-state index < -0.39 is 0 Å². The van der Waals surface area contributed by atoms with Crippen molar-refractivity contribution in [2.45, 2.75) is 45.4 Å². The number of carbonyl (C=O) groups excluding carboxylic acids is 1. The largest absolute Gasteiger partial charge is 0.393 e. The summed E-state index contributed by atoms with van der Waals surface area (Å²) in [5.74, 6) is -0.0707. The molecule has 1 saturated heterocycles. The summed E-state index contributed by atoms with van der Waals surface area (Å²) >= 11 is 0. The van der Waals surface area contributed by atoms with Crippen LogP contribution in [0.4, 0.5) is 5.69 Å². The zero-order chi connectivity index (χ0) is 20.9. The molecule has 2 aromatic carbocycles. The minimum atomic E-state index is -0.138. The van der Waals surface area contributed by atoms with Crippen LogP contribution in [0.2, 0.25) is 0 Å². The van der Waals surface area contributed by atoms with Gasteiger partial charge in [-0.25, -0.2) is 0 Å². The van der Waals surface area contributed by atoms with Crippen LogP contribution in [0.15, 0.2) is 53.6 Å². The third-order valence-corrected chi connectivity index (χ3v) is 5.84. The van der Waals surface area contributed by atoms with Crippen LogP contribution in [-0.4, -0.2) is 47.4 Å². The number of nitrogens with zero attached hydrogens (tertiary/aromatic N) is 3. The van der Waals surface area contributed by atoms with E-state index in [0.29, 0.717) is 12.1 Å². The lowest BCUT2D eigenvalue weighted by Crippen LogP contribution is -2.35. The summed E-state index contributed by atoms with van der Waals surface area (Å²) in [6.45, 7) is 6.24. The molecule has 1 amide bonds. The number of hydrogen-bond donors (Lipinski definition) is 2. The van der Waals surface area contributed by atoms with Gasteiger partial charge in [0.15, 0.2) is 0 Å². The zero-order valence-corrected chi connectivity index (χ0v) is 17.6. The molecule has 1 fully saturated rings. The number of piperidine rings is 1. The molecule has 2 aliphatic rings. The smallest absolute Gasteiger partial charge is 0.251 e. The predicted molar refractivity (Wildman–Crippen MR) is 120 cm³/mol. The van der Waals surface area contributed by atoms with Gasteiger partial charge in [-0.15, -0.1) is 0 Å². The van der Waals surface area contributed by atoms with Crippen molar-refractivity contribution in [3.05, 3.63) is 65.2 Å². The van der Waals surface area contributed by atoms with Crippen molar-refractivity contribution in [3.8, 4) is 0 Å². The highest BCUT2D eigenvalue weighted by Gasteiger charge is 2.17. The normalized spacial score (nSPS) is 17.8. The Labute approximate surface area is 178 Å². The van der Waals surface area contributed by atoms with Crippen molar-refractivity contribution >= 4 is 17.3 Å². The maximum Gasteiger partial charge on any atom is 0.251 e. The van der Waals surface area contributed by atoms with E-state index in [2.05, 4.69) is 39.6 Å². The van der Waals surface area contributed by atoms with Crippen molar-refractivity contribution in [3.63, 3.8) is 0 Å². The van der Waals surface area contributed by atoms with Crippen molar-refractivity contribution in [2.24, 2.45) is 5.10 Å². The minimum absolute atomic E-state index is 0.0707. The molecule has 2 aliphatic heterocycles. The van der Waals surface area contributed by atoms with Gasteiger partial charge < -0.3 is 10.4 Å². The highest BCUT2D eigenvalue weighted by Crippen LogP contribution is 2.20. The summed E-state index contributed by atoms with van der Waals surface area (Å²) in [6, 6.07) is 16.0. The van der Waals surface area contributed by atoms with E-state index in [1.807, 2.05) is 36.2 Å². The molecular weight excluding hydrogens is 376 g/mol. The van der Waals surface area contributed by atoms with Crippen molar-refractivity contribution in [1.82, 2.24) is 10.2 Å². The Hall–Kier alpha value is -2.70. The summed E-state index contributed by atoms with van der Waals surface area (Å²) in [7, 11) is 0. The third kappa shape index (κ3) is 5.26. The van der Waals surface area contributed by atoms with Crippen molar-refractivity contribution in [1.29, 1.82) is 0 Å². The van der Waals surface area contributed by atoms with Crippen LogP contribution in [0, 0.1) is 0 Å². The molecule has 0 unspecified atom stereocenters. The molecule has 2 aromatic rings. The van der Waals surface area contributed by atoms with Gasteiger partial charge in [-0.2, -0.15) is 5.10 Å². The summed E-state index contributed by atoms with van der Waals surface area (Å²) in [5, 5.41) is 19.1. The van der Waals surface area contributed by atoms with Gasteiger partial charge in [0.2, 0.25) is 0 Å². The lowest BCUT2D eigenvalue weighted by atomic mass is 10.1. The number of benzene rings is 2. The summed E-state index contributed by atoms with van der Waals surface area (Å²) < 4.78 is 0. The number of nitrogens with one attached hydrogen (secondary N) is 1. The van der Waals surface area contributed by atoms with E-state index in [1.165, 1.54) is 5.56 Å². The molecule has 2 heterocycles. The van der Waals surface area contributed by atoms with Gasteiger partial charge >= 0.3 is 0 Å². The maximum absolute atomic E-state index is 12.5. The first-order valence-electron chi connectivity index (χ1n) is 10.7. The number of hydrazone groups is 1. The highest BCUT2D eigenvalue weighted by molar-refractivity contribution is 5.94. The SMILES string of the molecule is CC1=NN(c2ccc(C(=O)NCc3ccc(CN4CCC(O)CC4)cc3)cc2)CC1. The van der Waals surface area contributed by atoms with E-state index in [-0.39, 0.29) is 12.0 Å². The van der Waals surface area contributed by atoms with Crippen molar-refractivity contribution < 1.29 is 9.90 Å². The number of aliphatic hydroxyl groups is 1. The standard InChI is InChI=1S/C24H30N4O2/c1-18-10-15-28(26-18)22-8-6-21(7-9-22)24(30)25-16-19-2-4-20(5-3-19)17-27-13-11-23(29)12-14-27/h2-9,23,29H,10-17H2,1H3,(H,25,30). The molecule has 4 rings (SSSR count). The Morgan fingerprint density at radius 3 is 2.33 bits per heavy atom. The number of anilines is 1. The average molecular weight is 407 g/mol. The Bertz CT molecular complexity index is 884. The molecule has 0 atom stereocenters. The summed E-state index contributed by atoms with van der Waals surface area (Å²) in [6.07, 6.45) is 2.56. The number of hydrogen-bond acceptors (Lipinski definition) is 5. The van der Waals surface area contributed by atoms with Crippen molar-refractivity contribution in [2.75, 3.05) is 24.6 Å². The van der Waals surface area contributed by atoms with Crippen LogP contribution in [0.1, 0.15) is 47.7 Å². The average Bonchev–Trinajstić information content (AvgIpc) is 3.21. The van der Waals surface area contributed by atoms with E-state index in [9.17, 15) is 9.90 Å². The summed E-state index contributed by atoms with van der Waals surface area (Å²) in [5.41, 5.74) is 5.15. The topological polar surface area (TPSA) is 68.2 Å². The minimum Gasteiger partial charge on any atom is -0.393 e. The second-order valence-corrected chi connectivity index (χ2v) is 8.26. The Balaban J connectivity index is 1.26. The highest BCUT2D eigenvalue weighted by atomic mass is 16.3. The van der Waals surface area contributed by atoms with E-state index in [1.54, 1.807) is 0 Å². The van der Waals surface area contributed by atoms with Gasteiger partial charge in [0.25, 0.3) is 5.91 Å². The molecule has 0 aromatic heterocycles. The van der Waals surface area contributed by atoms with E-state index >= 15 is 0 Å². The maximum atomic E-state index is 12.5. The van der Waals surface area contributed by atoms with Crippen LogP contribution < -0.4 is 10.3 Å². The lowest BCUT2D eigenvalue weighted by molar-refractivity contribution is 0.0792. The van der Waals surface area contributed by atoms with Crippen LogP contribution in [0.5, 0.6) is 0 Å². The quantitative estimate of drug-likeness (QED) is 0.773. The Kier molecular flexibility index (Phi) is 6.45. The number of likely N-dealkylation sites (tertiary alicyclic amines) is 1. The molecular formula is C24H30N4O2. The van der Waals surface area contributed by atoms with Gasteiger partial charge in [-0.3, -0.25) is 14.7 Å². The molecule has 30 heavy (non-hydrogen) atoms. The van der Waals surface area contributed by atoms with Crippen LogP contribution in [0.25, 0.3) is 0 Å². The third-order valence-electron chi connectivity index (χ3n) is 5.84. The molecule has 158 valence electrons. The fourth-order valence-corrected chi connectivity index (χ4v) is 3.93. The molecule has 0 bridgehead atoms. The zero-order valence-electron chi connectivity index (χ0n) is 17.6. The van der Waals surface area contributed by atoms with Gasteiger partial charge in [-0.05, 0) is 55.2 Å². The van der Waals surface area contributed by atoms with Gasteiger partial charge in [-0.1, -0.05) is 24.3 Å². The van der Waals surface area contributed by atoms with Gasteiger partial charge in [0, 0.05) is 50.4 Å². The number of aliphatic hydroxyl groups excluding tert-OH is 1. The monoisotopic (exact) mass is 406 g/mol. The van der Waals surface area contributed by atoms with Crippen LogP contribution in [0.3, 0.4) is 0 Å². The Morgan fingerprint density at radius 2 is 1.70 bits per heavy atom. The molecule has 0 spiro atoms. The second-order valence-electron chi connectivity index (χ2n) is 8.26. The number of carbonyl (C=O) groups is 1. The lowest BCUT2D eigenvalue weighted by Gasteiger charge is -2.29. The first kappa shape index (κ1) is 20.6. The van der Waals surface area contributed by atoms with Crippen LogP contribution >= 0.6 is 0 Å². The van der Waals surface area contributed by atoms with Crippen LogP contribution in [-0.2, 0) is 13.1 Å². The Morgan fingerprint density at radius 1 is 1.03 bits per heavy atom. The number of rotatable bonds is 6. The first-order valence-corrected chi connectivity index (χ1v) is 10.7.